The van der Waals surface area contributed by atoms with Crippen molar-refractivity contribution in [2.75, 3.05) is 20.0 Å². The van der Waals surface area contributed by atoms with Crippen molar-refractivity contribution in [1.29, 1.82) is 0 Å². The van der Waals surface area contributed by atoms with E-state index < -0.39 is 0 Å². The zero-order valence-corrected chi connectivity index (χ0v) is 17.8. The van der Waals surface area contributed by atoms with E-state index in [4.69, 9.17) is 13.9 Å². The molecule has 0 saturated carbocycles. The molecule has 0 saturated heterocycles. The molecule has 2 aromatic carbocycles. The summed E-state index contributed by atoms with van der Waals surface area (Å²) >= 11 is 1.24. The van der Waals surface area contributed by atoms with Crippen LogP contribution in [0.15, 0.2) is 46.0 Å². The molecular formula is C22H24N2O4S. The van der Waals surface area contributed by atoms with Gasteiger partial charge >= 0.3 is 0 Å². The first kappa shape index (κ1) is 20.9. The van der Waals surface area contributed by atoms with Gasteiger partial charge in [-0.15, -0.1) is 10.2 Å². The van der Waals surface area contributed by atoms with E-state index in [1.54, 1.807) is 32.4 Å². The molecular weight excluding hydrogens is 388 g/mol. The first-order valence-corrected chi connectivity index (χ1v) is 10.4. The van der Waals surface area contributed by atoms with Gasteiger partial charge < -0.3 is 13.9 Å². The van der Waals surface area contributed by atoms with Crippen molar-refractivity contribution in [2.45, 2.75) is 31.9 Å². The van der Waals surface area contributed by atoms with Gasteiger partial charge in [0.25, 0.3) is 5.22 Å². The van der Waals surface area contributed by atoms with Crippen LogP contribution in [0.4, 0.5) is 0 Å². The number of ketones is 1. The number of hydrogen-bond donors (Lipinski definition) is 0. The molecule has 0 unspecified atom stereocenters. The highest BCUT2D eigenvalue weighted by atomic mass is 32.2. The van der Waals surface area contributed by atoms with Gasteiger partial charge in [0.2, 0.25) is 5.89 Å². The third kappa shape index (κ3) is 4.98. The fraction of sp³-hybridized carbons (Fsp3) is 0.318. The Labute approximate surface area is 174 Å². The number of rotatable bonds is 9. The number of carbonyl (C=O) groups is 1. The van der Waals surface area contributed by atoms with Crippen LogP contribution in [0.3, 0.4) is 0 Å². The fourth-order valence-corrected chi connectivity index (χ4v) is 3.58. The largest absolute Gasteiger partial charge is 0.497 e. The average Bonchev–Trinajstić information content (AvgIpc) is 3.25. The van der Waals surface area contributed by atoms with Gasteiger partial charge in [-0.3, -0.25) is 4.79 Å². The van der Waals surface area contributed by atoms with E-state index in [1.807, 2.05) is 12.1 Å². The van der Waals surface area contributed by atoms with Crippen LogP contribution in [-0.2, 0) is 12.8 Å². The molecule has 0 aliphatic rings. The van der Waals surface area contributed by atoms with Crippen molar-refractivity contribution in [3.8, 4) is 23.0 Å². The number of Topliss-reactive ketones (excluding diaryl/α,β-unsaturated/α-hetero) is 1. The minimum absolute atomic E-state index is 0.0601. The van der Waals surface area contributed by atoms with Crippen LogP contribution in [-0.4, -0.2) is 36.0 Å². The quantitative estimate of drug-likeness (QED) is 0.367. The van der Waals surface area contributed by atoms with Crippen LogP contribution in [0.25, 0.3) is 11.5 Å². The number of ether oxygens (including phenoxy) is 2. The van der Waals surface area contributed by atoms with Gasteiger partial charge in [0, 0.05) is 17.2 Å². The monoisotopic (exact) mass is 412 g/mol. The van der Waals surface area contributed by atoms with Crippen molar-refractivity contribution in [3.63, 3.8) is 0 Å². The minimum atomic E-state index is 0.0601. The highest BCUT2D eigenvalue weighted by molar-refractivity contribution is 7.99. The minimum Gasteiger partial charge on any atom is -0.497 e. The molecule has 0 bridgehead atoms. The van der Waals surface area contributed by atoms with E-state index in [-0.39, 0.29) is 11.5 Å². The van der Waals surface area contributed by atoms with Crippen molar-refractivity contribution < 1.29 is 18.7 Å². The number of nitrogens with zero attached hydrogens (tertiary/aromatic N) is 2. The second kappa shape index (κ2) is 9.60. The van der Waals surface area contributed by atoms with Gasteiger partial charge in [-0.1, -0.05) is 37.7 Å². The highest BCUT2D eigenvalue weighted by Gasteiger charge is 2.16. The molecule has 0 atom stereocenters. The Morgan fingerprint density at radius 3 is 2.34 bits per heavy atom. The summed E-state index contributed by atoms with van der Waals surface area (Å²) in [6.45, 7) is 4.13. The predicted molar refractivity (Wildman–Crippen MR) is 113 cm³/mol. The first-order chi connectivity index (χ1) is 14.1. The molecule has 1 aromatic heterocycles. The Hall–Kier alpha value is -2.80. The van der Waals surface area contributed by atoms with Crippen molar-refractivity contribution in [1.82, 2.24) is 10.2 Å². The maximum atomic E-state index is 12.8. The number of benzene rings is 2. The Bertz CT molecular complexity index is 978. The summed E-state index contributed by atoms with van der Waals surface area (Å²) in [4.78, 5) is 12.8. The molecule has 0 aliphatic heterocycles. The Morgan fingerprint density at radius 1 is 1.00 bits per heavy atom. The summed E-state index contributed by atoms with van der Waals surface area (Å²) in [7, 11) is 3.16. The van der Waals surface area contributed by atoms with Gasteiger partial charge in [-0.25, -0.2) is 0 Å². The molecule has 7 heteroatoms. The van der Waals surface area contributed by atoms with Crippen LogP contribution >= 0.6 is 11.8 Å². The number of aryl methyl sites for hydroxylation is 2. The Balaban J connectivity index is 1.74. The summed E-state index contributed by atoms with van der Waals surface area (Å²) in [5.41, 5.74) is 3.68. The Morgan fingerprint density at radius 2 is 1.72 bits per heavy atom. The predicted octanol–water partition coefficient (Wildman–Crippen LogP) is 4.85. The molecule has 6 nitrogen and oxygen atoms in total. The fourth-order valence-electron chi connectivity index (χ4n) is 2.93. The molecule has 3 rings (SSSR count). The molecule has 1 heterocycles. The van der Waals surface area contributed by atoms with Crippen LogP contribution in [0, 0.1) is 0 Å². The maximum absolute atomic E-state index is 12.8. The van der Waals surface area contributed by atoms with Crippen molar-refractivity contribution in [2.24, 2.45) is 0 Å². The number of carbonyl (C=O) groups excluding carboxylic acids is 1. The second-order valence-electron chi connectivity index (χ2n) is 6.38. The van der Waals surface area contributed by atoms with Gasteiger partial charge in [0.15, 0.2) is 5.78 Å². The Kier molecular flexibility index (Phi) is 6.93. The standard InChI is InChI=1S/C22H24N2O4S/c1-5-14-7-8-15(6-2)19(9-14)20(25)13-29-22-24-23-21(28-22)16-10-17(26-3)12-18(11-16)27-4/h7-12H,5-6,13H2,1-4H3. The lowest BCUT2D eigenvalue weighted by atomic mass is 9.98. The molecule has 3 aromatic rings. The maximum Gasteiger partial charge on any atom is 0.277 e. The number of methoxy groups -OCH3 is 2. The second-order valence-corrected chi connectivity index (χ2v) is 7.31. The van der Waals surface area contributed by atoms with E-state index in [0.717, 1.165) is 29.5 Å². The molecule has 152 valence electrons. The third-order valence-corrected chi connectivity index (χ3v) is 5.41. The lowest BCUT2D eigenvalue weighted by Gasteiger charge is -2.08. The first-order valence-electron chi connectivity index (χ1n) is 9.42. The van der Waals surface area contributed by atoms with E-state index in [9.17, 15) is 4.79 Å². The lowest BCUT2D eigenvalue weighted by molar-refractivity contribution is 0.102. The summed E-state index contributed by atoms with van der Waals surface area (Å²) in [6.07, 6.45) is 1.71. The van der Waals surface area contributed by atoms with Gasteiger partial charge in [-0.2, -0.15) is 0 Å². The van der Waals surface area contributed by atoms with Gasteiger partial charge in [-0.05, 0) is 42.2 Å². The number of hydrogen-bond acceptors (Lipinski definition) is 7. The van der Waals surface area contributed by atoms with E-state index in [0.29, 0.717) is 28.2 Å². The van der Waals surface area contributed by atoms with Crippen LogP contribution in [0.2, 0.25) is 0 Å². The smallest absolute Gasteiger partial charge is 0.277 e. The van der Waals surface area contributed by atoms with Crippen LogP contribution < -0.4 is 9.47 Å². The van der Waals surface area contributed by atoms with Crippen molar-refractivity contribution in [3.05, 3.63) is 53.1 Å². The molecule has 0 N–H and O–H groups in total. The van der Waals surface area contributed by atoms with E-state index in [2.05, 4.69) is 30.1 Å². The van der Waals surface area contributed by atoms with Gasteiger partial charge in [0.05, 0.1) is 20.0 Å². The normalized spacial score (nSPS) is 10.8. The van der Waals surface area contributed by atoms with Crippen LogP contribution in [0.1, 0.15) is 35.3 Å². The number of aromatic nitrogens is 2. The molecule has 0 amide bonds. The summed E-state index contributed by atoms with van der Waals surface area (Å²) in [6, 6.07) is 11.5. The third-order valence-electron chi connectivity index (χ3n) is 4.60. The summed E-state index contributed by atoms with van der Waals surface area (Å²) in [5.74, 6) is 1.91. The zero-order valence-electron chi connectivity index (χ0n) is 17.0. The summed E-state index contributed by atoms with van der Waals surface area (Å²) < 4.78 is 16.3. The molecule has 0 fully saturated rings. The van der Waals surface area contributed by atoms with E-state index >= 15 is 0 Å². The summed E-state index contributed by atoms with van der Waals surface area (Å²) in [5, 5.41) is 8.49. The topological polar surface area (TPSA) is 74.5 Å². The molecule has 0 radical (unpaired) electrons. The van der Waals surface area contributed by atoms with Gasteiger partial charge in [0.1, 0.15) is 11.5 Å². The SMILES string of the molecule is CCc1ccc(CC)c(C(=O)CSc2nnc(-c3cc(OC)cc(OC)c3)o2)c1. The van der Waals surface area contributed by atoms with Crippen molar-refractivity contribution >= 4 is 17.5 Å². The lowest BCUT2D eigenvalue weighted by Crippen LogP contribution is -2.07. The van der Waals surface area contributed by atoms with Crippen LogP contribution in [0.5, 0.6) is 11.5 Å². The average molecular weight is 413 g/mol. The highest BCUT2D eigenvalue weighted by Crippen LogP contribution is 2.30. The van der Waals surface area contributed by atoms with E-state index in [1.165, 1.54) is 11.8 Å². The molecule has 0 aliphatic carbocycles. The molecule has 0 spiro atoms. The zero-order chi connectivity index (χ0) is 20.8. The number of thioether (sulfide) groups is 1. The molecule has 29 heavy (non-hydrogen) atoms.